The number of hydrogen-bond donors (Lipinski definition) is 1. The minimum atomic E-state index is 0.216. The highest BCUT2D eigenvalue weighted by atomic mass is 32.1. The lowest BCUT2D eigenvalue weighted by Crippen LogP contribution is -2.28. The first-order valence-corrected chi connectivity index (χ1v) is 8.71. The SMILES string of the molecule is Cc1nc(-c2cccs2)sc1CNC(=O)C1CCCC1. The van der Waals surface area contributed by atoms with Crippen molar-refractivity contribution in [3.8, 4) is 9.88 Å². The Morgan fingerprint density at radius 2 is 2.25 bits per heavy atom. The average Bonchev–Trinajstić information content (AvgIpc) is 3.18. The minimum Gasteiger partial charge on any atom is -0.351 e. The maximum absolute atomic E-state index is 12.0. The molecule has 2 aromatic rings. The summed E-state index contributed by atoms with van der Waals surface area (Å²) in [6.07, 6.45) is 4.49. The van der Waals surface area contributed by atoms with Crippen LogP contribution in [0.25, 0.3) is 9.88 Å². The number of carbonyl (C=O) groups is 1. The van der Waals surface area contributed by atoms with Gasteiger partial charge >= 0.3 is 0 Å². The Morgan fingerprint density at radius 3 is 2.95 bits per heavy atom. The largest absolute Gasteiger partial charge is 0.351 e. The van der Waals surface area contributed by atoms with Gasteiger partial charge in [0.15, 0.2) is 0 Å². The lowest BCUT2D eigenvalue weighted by molar-refractivity contribution is -0.124. The summed E-state index contributed by atoms with van der Waals surface area (Å²) in [5.41, 5.74) is 1.03. The van der Waals surface area contributed by atoms with Gasteiger partial charge in [-0.05, 0) is 31.2 Å². The van der Waals surface area contributed by atoms with Crippen LogP contribution >= 0.6 is 22.7 Å². The molecular formula is C15H18N2OS2. The van der Waals surface area contributed by atoms with Crippen molar-refractivity contribution in [2.24, 2.45) is 5.92 Å². The van der Waals surface area contributed by atoms with Gasteiger partial charge in [0.05, 0.1) is 17.1 Å². The maximum Gasteiger partial charge on any atom is 0.223 e. The number of nitrogens with one attached hydrogen (secondary N) is 1. The van der Waals surface area contributed by atoms with E-state index in [9.17, 15) is 4.79 Å². The van der Waals surface area contributed by atoms with Gasteiger partial charge in [-0.2, -0.15) is 0 Å². The van der Waals surface area contributed by atoms with E-state index < -0.39 is 0 Å². The number of aryl methyl sites for hydroxylation is 1. The lowest BCUT2D eigenvalue weighted by atomic mass is 10.1. The first kappa shape index (κ1) is 13.8. The van der Waals surface area contributed by atoms with Crippen molar-refractivity contribution >= 4 is 28.6 Å². The van der Waals surface area contributed by atoms with Crippen molar-refractivity contribution in [1.82, 2.24) is 10.3 Å². The second kappa shape index (κ2) is 6.06. The Balaban J connectivity index is 1.64. The zero-order valence-corrected chi connectivity index (χ0v) is 13.1. The quantitative estimate of drug-likeness (QED) is 0.928. The van der Waals surface area contributed by atoms with Crippen LogP contribution in [0.3, 0.4) is 0 Å². The molecular weight excluding hydrogens is 288 g/mol. The monoisotopic (exact) mass is 306 g/mol. The molecule has 106 valence electrons. The number of amides is 1. The van der Waals surface area contributed by atoms with E-state index in [1.54, 1.807) is 22.7 Å². The van der Waals surface area contributed by atoms with Gasteiger partial charge in [0, 0.05) is 10.8 Å². The van der Waals surface area contributed by atoms with Crippen LogP contribution in [-0.2, 0) is 11.3 Å². The molecule has 1 amide bonds. The molecule has 1 aliphatic rings. The molecule has 2 aromatic heterocycles. The summed E-state index contributed by atoms with van der Waals surface area (Å²) in [7, 11) is 0. The highest BCUT2D eigenvalue weighted by Crippen LogP contribution is 2.31. The first-order chi connectivity index (χ1) is 9.74. The third-order valence-electron chi connectivity index (χ3n) is 3.77. The van der Waals surface area contributed by atoms with Gasteiger partial charge < -0.3 is 5.32 Å². The van der Waals surface area contributed by atoms with Crippen molar-refractivity contribution in [3.63, 3.8) is 0 Å². The number of carbonyl (C=O) groups excluding carboxylic acids is 1. The van der Waals surface area contributed by atoms with Gasteiger partial charge in [0.2, 0.25) is 5.91 Å². The Bertz CT molecular complexity index is 583. The van der Waals surface area contributed by atoms with Crippen molar-refractivity contribution < 1.29 is 4.79 Å². The Labute approximate surface area is 127 Å². The summed E-state index contributed by atoms with van der Waals surface area (Å²) in [5, 5.41) is 6.20. The normalized spacial score (nSPS) is 15.7. The Morgan fingerprint density at radius 1 is 1.45 bits per heavy atom. The van der Waals surface area contributed by atoms with E-state index in [-0.39, 0.29) is 11.8 Å². The van der Waals surface area contributed by atoms with E-state index in [0.29, 0.717) is 6.54 Å². The third-order valence-corrected chi connectivity index (χ3v) is 5.97. The number of hydrogen-bond acceptors (Lipinski definition) is 4. The molecule has 0 saturated heterocycles. The third kappa shape index (κ3) is 2.94. The van der Waals surface area contributed by atoms with E-state index in [1.165, 1.54) is 22.6 Å². The number of thiophene rings is 1. The van der Waals surface area contributed by atoms with Crippen LogP contribution in [0.5, 0.6) is 0 Å². The van der Waals surface area contributed by atoms with Crippen LogP contribution in [0.15, 0.2) is 17.5 Å². The smallest absolute Gasteiger partial charge is 0.223 e. The van der Waals surface area contributed by atoms with E-state index in [2.05, 4.69) is 21.7 Å². The molecule has 2 heterocycles. The zero-order chi connectivity index (χ0) is 13.9. The van der Waals surface area contributed by atoms with Gasteiger partial charge in [-0.25, -0.2) is 4.98 Å². The van der Waals surface area contributed by atoms with E-state index in [4.69, 9.17) is 0 Å². The van der Waals surface area contributed by atoms with Crippen molar-refractivity contribution in [2.45, 2.75) is 39.2 Å². The lowest BCUT2D eigenvalue weighted by Gasteiger charge is -2.09. The highest BCUT2D eigenvalue weighted by molar-refractivity contribution is 7.21. The van der Waals surface area contributed by atoms with Crippen LogP contribution in [-0.4, -0.2) is 10.9 Å². The fourth-order valence-corrected chi connectivity index (χ4v) is 4.40. The molecule has 0 bridgehead atoms. The van der Waals surface area contributed by atoms with Crippen molar-refractivity contribution in [2.75, 3.05) is 0 Å². The summed E-state index contributed by atoms with van der Waals surface area (Å²) in [6.45, 7) is 2.63. The summed E-state index contributed by atoms with van der Waals surface area (Å²) in [6, 6.07) is 4.13. The maximum atomic E-state index is 12.0. The topological polar surface area (TPSA) is 42.0 Å². The summed E-state index contributed by atoms with van der Waals surface area (Å²) < 4.78 is 0. The predicted molar refractivity (Wildman–Crippen MR) is 84.0 cm³/mol. The van der Waals surface area contributed by atoms with Crippen LogP contribution in [0, 0.1) is 12.8 Å². The fourth-order valence-electron chi connectivity index (χ4n) is 2.60. The highest BCUT2D eigenvalue weighted by Gasteiger charge is 2.22. The van der Waals surface area contributed by atoms with Crippen LogP contribution in [0.2, 0.25) is 0 Å². The second-order valence-corrected chi connectivity index (χ2v) is 7.24. The number of rotatable bonds is 4. The average molecular weight is 306 g/mol. The van der Waals surface area contributed by atoms with Crippen LogP contribution in [0.1, 0.15) is 36.3 Å². The molecule has 0 aromatic carbocycles. The number of thiazole rings is 1. The van der Waals surface area contributed by atoms with Crippen LogP contribution in [0.4, 0.5) is 0 Å². The molecule has 1 aliphatic carbocycles. The van der Waals surface area contributed by atoms with Gasteiger partial charge in [-0.3, -0.25) is 4.79 Å². The molecule has 1 saturated carbocycles. The standard InChI is InChI=1S/C15H18N2OS2/c1-10-13(9-16-14(18)11-5-2-3-6-11)20-15(17-10)12-7-4-8-19-12/h4,7-8,11H,2-3,5-6,9H2,1H3,(H,16,18). The van der Waals surface area contributed by atoms with Crippen LogP contribution < -0.4 is 5.32 Å². The molecule has 3 rings (SSSR count). The molecule has 0 atom stereocenters. The molecule has 0 aliphatic heterocycles. The Kier molecular flexibility index (Phi) is 4.17. The summed E-state index contributed by atoms with van der Waals surface area (Å²) in [4.78, 5) is 19.0. The molecule has 0 unspecified atom stereocenters. The summed E-state index contributed by atoms with van der Waals surface area (Å²) >= 11 is 3.39. The molecule has 0 radical (unpaired) electrons. The number of aromatic nitrogens is 1. The second-order valence-electron chi connectivity index (χ2n) is 5.20. The predicted octanol–water partition coefficient (Wildman–Crippen LogP) is 3.99. The van der Waals surface area contributed by atoms with Gasteiger partial charge in [-0.1, -0.05) is 18.9 Å². The van der Waals surface area contributed by atoms with Crippen molar-refractivity contribution in [3.05, 3.63) is 28.1 Å². The molecule has 20 heavy (non-hydrogen) atoms. The fraction of sp³-hybridized carbons (Fsp3) is 0.467. The van der Waals surface area contributed by atoms with Gasteiger partial charge in [0.1, 0.15) is 5.01 Å². The zero-order valence-electron chi connectivity index (χ0n) is 11.5. The van der Waals surface area contributed by atoms with E-state index in [1.807, 2.05) is 13.0 Å². The van der Waals surface area contributed by atoms with Crippen molar-refractivity contribution in [1.29, 1.82) is 0 Å². The summed E-state index contributed by atoms with van der Waals surface area (Å²) in [5.74, 6) is 0.452. The number of nitrogens with zero attached hydrogens (tertiary/aromatic N) is 1. The van der Waals surface area contributed by atoms with Gasteiger partial charge in [0.25, 0.3) is 0 Å². The Hall–Kier alpha value is -1.20. The minimum absolute atomic E-state index is 0.216. The molecule has 1 N–H and O–H groups in total. The molecule has 1 fully saturated rings. The molecule has 0 spiro atoms. The van der Waals surface area contributed by atoms with E-state index in [0.717, 1.165) is 23.5 Å². The van der Waals surface area contributed by atoms with E-state index >= 15 is 0 Å². The van der Waals surface area contributed by atoms with Gasteiger partial charge in [-0.15, -0.1) is 22.7 Å². The molecule has 3 nitrogen and oxygen atoms in total. The molecule has 5 heteroatoms. The first-order valence-electron chi connectivity index (χ1n) is 7.02.